The van der Waals surface area contributed by atoms with Gasteiger partial charge in [-0.05, 0) is 27.2 Å². The minimum atomic E-state index is 0.604. The van der Waals surface area contributed by atoms with Gasteiger partial charge in [-0.15, -0.1) is 6.58 Å². The number of hydrogen-bond donors (Lipinski definition) is 1. The maximum atomic E-state index is 5.58. The van der Waals surface area contributed by atoms with E-state index in [1.54, 1.807) is 0 Å². The van der Waals surface area contributed by atoms with E-state index in [1.165, 1.54) is 0 Å². The minimum Gasteiger partial charge on any atom is -0.477 e. The minimum absolute atomic E-state index is 0.604. The van der Waals surface area contributed by atoms with Crippen LogP contribution in [0.4, 0.5) is 5.82 Å². The van der Waals surface area contributed by atoms with Gasteiger partial charge in [0.15, 0.2) is 0 Å². The second-order valence-corrected chi connectivity index (χ2v) is 3.51. The first-order valence-corrected chi connectivity index (χ1v) is 5.51. The zero-order valence-corrected chi connectivity index (χ0v) is 10.2. The molecule has 1 heterocycles. The highest BCUT2D eigenvalue weighted by Crippen LogP contribution is 2.21. The summed E-state index contributed by atoms with van der Waals surface area (Å²) < 4.78 is 5.58. The molecule has 1 rings (SSSR count). The lowest BCUT2D eigenvalue weighted by molar-refractivity contribution is 0.309. The van der Waals surface area contributed by atoms with Gasteiger partial charge in [-0.2, -0.15) is 4.98 Å². The fraction of sp³-hybridized carbons (Fsp3) is 0.500. The van der Waals surface area contributed by atoms with E-state index >= 15 is 0 Å². The van der Waals surface area contributed by atoms with Crippen molar-refractivity contribution < 1.29 is 4.74 Å². The average molecular weight is 221 g/mol. The Hall–Kier alpha value is -1.58. The molecule has 4 nitrogen and oxygen atoms in total. The normalized spacial score (nSPS) is 9.94. The van der Waals surface area contributed by atoms with Crippen LogP contribution >= 0.6 is 0 Å². The maximum absolute atomic E-state index is 5.58. The Morgan fingerprint density at radius 1 is 1.38 bits per heavy atom. The Balaban J connectivity index is 2.85. The molecule has 0 aliphatic carbocycles. The monoisotopic (exact) mass is 221 g/mol. The molecule has 4 heteroatoms. The van der Waals surface area contributed by atoms with E-state index in [4.69, 9.17) is 4.74 Å². The van der Waals surface area contributed by atoms with Crippen LogP contribution in [0.1, 0.15) is 24.7 Å². The number of ether oxygens (including phenoxy) is 1. The molecule has 1 aromatic rings. The molecule has 0 atom stereocenters. The van der Waals surface area contributed by atoms with Crippen LogP contribution in [0.2, 0.25) is 0 Å². The van der Waals surface area contributed by atoms with Gasteiger partial charge in [-0.3, -0.25) is 0 Å². The molecule has 0 aromatic carbocycles. The van der Waals surface area contributed by atoms with Crippen LogP contribution in [0.15, 0.2) is 12.7 Å². The van der Waals surface area contributed by atoms with Crippen LogP contribution in [-0.4, -0.2) is 23.1 Å². The molecular formula is C12H19N3O. The van der Waals surface area contributed by atoms with E-state index in [-0.39, 0.29) is 0 Å². The fourth-order valence-electron chi connectivity index (χ4n) is 1.32. The fourth-order valence-corrected chi connectivity index (χ4v) is 1.32. The summed E-state index contributed by atoms with van der Waals surface area (Å²) >= 11 is 0. The van der Waals surface area contributed by atoms with Gasteiger partial charge < -0.3 is 10.1 Å². The van der Waals surface area contributed by atoms with Crippen LogP contribution in [0, 0.1) is 13.8 Å². The standard InChI is InChI=1S/C12H19N3O/c1-5-7-8-16-12-9(3)11(13-6-2)14-10(4)15-12/h5H,1,6-8H2,2-4H3,(H,13,14,15). The summed E-state index contributed by atoms with van der Waals surface area (Å²) in [7, 11) is 0. The quantitative estimate of drug-likeness (QED) is 0.592. The third kappa shape index (κ3) is 3.22. The molecule has 0 radical (unpaired) electrons. The molecule has 0 aliphatic heterocycles. The number of nitrogens with one attached hydrogen (secondary N) is 1. The van der Waals surface area contributed by atoms with Crippen molar-refractivity contribution in [1.82, 2.24) is 9.97 Å². The van der Waals surface area contributed by atoms with E-state index in [0.29, 0.717) is 12.5 Å². The van der Waals surface area contributed by atoms with Crippen molar-refractivity contribution >= 4 is 5.82 Å². The Labute approximate surface area is 96.8 Å². The first kappa shape index (κ1) is 12.5. The smallest absolute Gasteiger partial charge is 0.221 e. The first-order chi connectivity index (χ1) is 7.69. The summed E-state index contributed by atoms with van der Waals surface area (Å²) in [5.41, 5.74) is 0.955. The zero-order chi connectivity index (χ0) is 12.0. The van der Waals surface area contributed by atoms with Crippen molar-refractivity contribution in [3.8, 4) is 5.88 Å². The molecular weight excluding hydrogens is 202 g/mol. The molecule has 1 N–H and O–H groups in total. The lowest BCUT2D eigenvalue weighted by atomic mass is 10.3. The predicted octanol–water partition coefficient (Wildman–Crippen LogP) is 2.48. The van der Waals surface area contributed by atoms with E-state index < -0.39 is 0 Å². The molecule has 0 saturated heterocycles. The summed E-state index contributed by atoms with van der Waals surface area (Å²) in [5, 5.41) is 3.20. The van der Waals surface area contributed by atoms with Crippen molar-refractivity contribution in [2.75, 3.05) is 18.5 Å². The van der Waals surface area contributed by atoms with Crippen LogP contribution < -0.4 is 10.1 Å². The van der Waals surface area contributed by atoms with Crippen molar-refractivity contribution in [2.24, 2.45) is 0 Å². The average Bonchev–Trinajstić information content (AvgIpc) is 2.25. The summed E-state index contributed by atoms with van der Waals surface area (Å²) in [6, 6.07) is 0. The van der Waals surface area contributed by atoms with Gasteiger partial charge in [0.1, 0.15) is 11.6 Å². The van der Waals surface area contributed by atoms with Crippen LogP contribution in [0.25, 0.3) is 0 Å². The lowest BCUT2D eigenvalue weighted by Crippen LogP contribution is -2.08. The van der Waals surface area contributed by atoms with Gasteiger partial charge in [-0.25, -0.2) is 4.98 Å². The summed E-state index contributed by atoms with van der Waals surface area (Å²) in [6.07, 6.45) is 2.65. The Bertz CT molecular complexity index is 364. The number of aryl methyl sites for hydroxylation is 1. The Kier molecular flexibility index (Phi) is 4.76. The van der Waals surface area contributed by atoms with E-state index in [9.17, 15) is 0 Å². The summed E-state index contributed by atoms with van der Waals surface area (Å²) in [4.78, 5) is 8.61. The molecule has 16 heavy (non-hydrogen) atoms. The topological polar surface area (TPSA) is 47.0 Å². The number of anilines is 1. The largest absolute Gasteiger partial charge is 0.477 e. The van der Waals surface area contributed by atoms with Gasteiger partial charge >= 0.3 is 0 Å². The van der Waals surface area contributed by atoms with Crippen LogP contribution in [0.3, 0.4) is 0 Å². The van der Waals surface area contributed by atoms with Crippen molar-refractivity contribution in [3.63, 3.8) is 0 Å². The highest BCUT2D eigenvalue weighted by molar-refractivity contribution is 5.48. The molecule has 0 fully saturated rings. The van der Waals surface area contributed by atoms with Crippen molar-refractivity contribution in [2.45, 2.75) is 27.2 Å². The molecule has 0 aliphatic rings. The number of aromatic nitrogens is 2. The lowest BCUT2D eigenvalue weighted by Gasteiger charge is -2.12. The number of nitrogens with zero attached hydrogens (tertiary/aromatic N) is 2. The maximum Gasteiger partial charge on any atom is 0.221 e. The second-order valence-electron chi connectivity index (χ2n) is 3.51. The first-order valence-electron chi connectivity index (χ1n) is 5.51. The molecule has 0 saturated carbocycles. The molecule has 88 valence electrons. The molecule has 0 unspecified atom stereocenters. The van der Waals surface area contributed by atoms with E-state index in [0.717, 1.165) is 30.2 Å². The predicted molar refractivity (Wildman–Crippen MR) is 66.0 cm³/mol. The van der Waals surface area contributed by atoms with E-state index in [2.05, 4.69) is 21.9 Å². The number of hydrogen-bond acceptors (Lipinski definition) is 4. The zero-order valence-electron chi connectivity index (χ0n) is 10.2. The SMILES string of the molecule is C=CCCOc1nc(C)nc(NCC)c1C. The van der Waals surface area contributed by atoms with Gasteiger partial charge in [0.2, 0.25) is 5.88 Å². The van der Waals surface area contributed by atoms with Crippen molar-refractivity contribution in [1.29, 1.82) is 0 Å². The molecule has 0 amide bonds. The third-order valence-corrected chi connectivity index (χ3v) is 2.12. The van der Waals surface area contributed by atoms with Crippen LogP contribution in [0.5, 0.6) is 5.88 Å². The van der Waals surface area contributed by atoms with Gasteiger partial charge in [0, 0.05) is 6.54 Å². The van der Waals surface area contributed by atoms with Gasteiger partial charge in [0.25, 0.3) is 0 Å². The number of rotatable bonds is 6. The Morgan fingerprint density at radius 2 is 2.12 bits per heavy atom. The van der Waals surface area contributed by atoms with Crippen LogP contribution in [-0.2, 0) is 0 Å². The molecule has 0 bridgehead atoms. The highest BCUT2D eigenvalue weighted by Gasteiger charge is 2.09. The van der Waals surface area contributed by atoms with Gasteiger partial charge in [0.05, 0.1) is 12.2 Å². The van der Waals surface area contributed by atoms with Crippen molar-refractivity contribution in [3.05, 3.63) is 24.0 Å². The van der Waals surface area contributed by atoms with E-state index in [1.807, 2.05) is 26.8 Å². The molecule has 1 aromatic heterocycles. The summed E-state index contributed by atoms with van der Waals surface area (Å²) in [6.45, 7) is 11.0. The molecule has 0 spiro atoms. The van der Waals surface area contributed by atoms with Gasteiger partial charge in [-0.1, -0.05) is 6.08 Å². The highest BCUT2D eigenvalue weighted by atomic mass is 16.5. The Morgan fingerprint density at radius 3 is 2.75 bits per heavy atom. The third-order valence-electron chi connectivity index (χ3n) is 2.12. The second kappa shape index (κ2) is 6.10. The summed E-state index contributed by atoms with van der Waals surface area (Å²) in [5.74, 6) is 2.23.